The number of rotatable bonds is 5. The molecule has 5 heteroatoms. The number of nitriles is 1. The molecule has 0 aliphatic carbocycles. The van der Waals surface area contributed by atoms with E-state index in [1.165, 1.54) is 11.1 Å². The van der Waals surface area contributed by atoms with Crippen molar-refractivity contribution in [1.82, 2.24) is 10.6 Å². The summed E-state index contributed by atoms with van der Waals surface area (Å²) in [4.78, 5) is 4.27. The van der Waals surface area contributed by atoms with E-state index >= 15 is 0 Å². The number of hydrogen-bond donors (Lipinski definition) is 2. The van der Waals surface area contributed by atoms with Crippen molar-refractivity contribution in [1.29, 1.82) is 5.26 Å². The Hall–Kier alpha value is -2.07. The summed E-state index contributed by atoms with van der Waals surface area (Å²) in [5, 5.41) is 15.6. The van der Waals surface area contributed by atoms with Gasteiger partial charge in [0.1, 0.15) is 0 Å². The van der Waals surface area contributed by atoms with Crippen LogP contribution in [0.1, 0.15) is 42.1 Å². The lowest BCUT2D eigenvalue weighted by Gasteiger charge is -2.18. The largest absolute Gasteiger partial charge is 0.352 e. The van der Waals surface area contributed by atoms with Gasteiger partial charge in [-0.25, -0.2) is 0 Å². The molecule has 0 bridgehead atoms. The fourth-order valence-corrected chi connectivity index (χ4v) is 2.46. The van der Waals surface area contributed by atoms with Crippen LogP contribution in [0, 0.1) is 11.3 Å². The molecular formula is C20H25IN4. The smallest absolute Gasteiger partial charge is 0.191 e. The SMILES string of the molecule is CCc1ccc(C(C)NC(=NC)NCc2cccc(C#N)c2)cc1.I. The molecule has 0 aliphatic rings. The van der Waals surface area contributed by atoms with Gasteiger partial charge in [-0.1, -0.05) is 43.3 Å². The predicted molar refractivity (Wildman–Crippen MR) is 114 cm³/mol. The second kappa shape index (κ2) is 10.7. The number of aryl methyl sites for hydroxylation is 1. The molecule has 0 spiro atoms. The molecule has 0 fully saturated rings. The third kappa shape index (κ3) is 6.39. The van der Waals surface area contributed by atoms with E-state index in [1.54, 1.807) is 13.1 Å². The summed E-state index contributed by atoms with van der Waals surface area (Å²) in [6, 6.07) is 18.5. The molecule has 1 unspecified atom stereocenters. The second-order valence-electron chi connectivity index (χ2n) is 5.70. The summed E-state index contributed by atoms with van der Waals surface area (Å²) < 4.78 is 0. The first-order chi connectivity index (χ1) is 11.7. The molecule has 0 aromatic heterocycles. The van der Waals surface area contributed by atoms with Crippen molar-refractivity contribution in [2.75, 3.05) is 7.05 Å². The number of nitrogens with one attached hydrogen (secondary N) is 2. The van der Waals surface area contributed by atoms with Gasteiger partial charge in [0, 0.05) is 13.6 Å². The average Bonchev–Trinajstić information content (AvgIpc) is 2.65. The number of nitrogens with zero attached hydrogens (tertiary/aromatic N) is 2. The monoisotopic (exact) mass is 448 g/mol. The molecule has 0 heterocycles. The van der Waals surface area contributed by atoms with Gasteiger partial charge in [-0.15, -0.1) is 24.0 Å². The zero-order valence-electron chi connectivity index (χ0n) is 14.9. The van der Waals surface area contributed by atoms with E-state index in [0.29, 0.717) is 12.1 Å². The van der Waals surface area contributed by atoms with E-state index < -0.39 is 0 Å². The van der Waals surface area contributed by atoms with Crippen molar-refractivity contribution in [2.45, 2.75) is 32.9 Å². The zero-order chi connectivity index (χ0) is 17.4. The van der Waals surface area contributed by atoms with Crippen LogP contribution in [0.3, 0.4) is 0 Å². The van der Waals surface area contributed by atoms with Crippen LogP contribution in [0.4, 0.5) is 0 Å². The average molecular weight is 448 g/mol. The van der Waals surface area contributed by atoms with E-state index in [4.69, 9.17) is 5.26 Å². The molecular weight excluding hydrogens is 423 g/mol. The van der Waals surface area contributed by atoms with Crippen LogP contribution in [-0.2, 0) is 13.0 Å². The van der Waals surface area contributed by atoms with Crippen molar-refractivity contribution in [2.24, 2.45) is 4.99 Å². The van der Waals surface area contributed by atoms with Crippen LogP contribution in [0.25, 0.3) is 0 Å². The molecule has 2 rings (SSSR count). The Morgan fingerprint density at radius 3 is 2.48 bits per heavy atom. The summed E-state index contributed by atoms with van der Waals surface area (Å²) in [7, 11) is 1.76. The molecule has 0 saturated heterocycles. The lowest BCUT2D eigenvalue weighted by atomic mass is 10.1. The normalized spacial score (nSPS) is 11.8. The summed E-state index contributed by atoms with van der Waals surface area (Å²) in [6.07, 6.45) is 1.05. The molecule has 0 radical (unpaired) electrons. The Morgan fingerprint density at radius 2 is 1.88 bits per heavy atom. The van der Waals surface area contributed by atoms with Crippen LogP contribution in [0.2, 0.25) is 0 Å². The number of aliphatic imine (C=N–C) groups is 1. The van der Waals surface area contributed by atoms with Gasteiger partial charge in [-0.2, -0.15) is 5.26 Å². The Bertz CT molecular complexity index is 732. The number of guanidine groups is 1. The van der Waals surface area contributed by atoms with Crippen LogP contribution >= 0.6 is 24.0 Å². The molecule has 2 aromatic carbocycles. The minimum atomic E-state index is 0. The maximum absolute atomic E-state index is 8.96. The number of hydrogen-bond acceptors (Lipinski definition) is 2. The van der Waals surface area contributed by atoms with Crippen molar-refractivity contribution < 1.29 is 0 Å². The van der Waals surface area contributed by atoms with E-state index in [1.807, 2.05) is 18.2 Å². The highest BCUT2D eigenvalue weighted by Crippen LogP contribution is 2.13. The number of benzene rings is 2. The molecule has 0 saturated carbocycles. The topological polar surface area (TPSA) is 60.2 Å². The Kier molecular flexibility index (Phi) is 9.00. The van der Waals surface area contributed by atoms with Crippen LogP contribution in [0.5, 0.6) is 0 Å². The van der Waals surface area contributed by atoms with Gasteiger partial charge in [0.15, 0.2) is 5.96 Å². The Balaban J connectivity index is 0.00000312. The van der Waals surface area contributed by atoms with E-state index in [0.717, 1.165) is 17.9 Å². The highest BCUT2D eigenvalue weighted by molar-refractivity contribution is 14.0. The van der Waals surface area contributed by atoms with Gasteiger partial charge in [-0.05, 0) is 42.2 Å². The fraction of sp³-hybridized carbons (Fsp3) is 0.300. The third-order valence-corrected chi connectivity index (χ3v) is 3.98. The van der Waals surface area contributed by atoms with Crippen molar-refractivity contribution in [3.05, 3.63) is 70.8 Å². The van der Waals surface area contributed by atoms with Crippen LogP contribution in [0.15, 0.2) is 53.5 Å². The summed E-state index contributed by atoms with van der Waals surface area (Å²) in [6.45, 7) is 4.89. The second-order valence-corrected chi connectivity index (χ2v) is 5.70. The molecule has 4 nitrogen and oxygen atoms in total. The first-order valence-corrected chi connectivity index (χ1v) is 8.21. The Morgan fingerprint density at radius 1 is 1.16 bits per heavy atom. The van der Waals surface area contributed by atoms with Crippen LogP contribution < -0.4 is 10.6 Å². The van der Waals surface area contributed by atoms with Gasteiger partial charge >= 0.3 is 0 Å². The first-order valence-electron chi connectivity index (χ1n) is 8.21. The third-order valence-electron chi connectivity index (χ3n) is 3.98. The van der Waals surface area contributed by atoms with Gasteiger partial charge < -0.3 is 10.6 Å². The minimum absolute atomic E-state index is 0. The highest BCUT2D eigenvalue weighted by atomic mass is 127. The van der Waals surface area contributed by atoms with Gasteiger partial charge in [0.2, 0.25) is 0 Å². The maximum Gasteiger partial charge on any atom is 0.191 e. The highest BCUT2D eigenvalue weighted by Gasteiger charge is 2.07. The van der Waals surface area contributed by atoms with Gasteiger partial charge in [0.25, 0.3) is 0 Å². The molecule has 132 valence electrons. The lowest BCUT2D eigenvalue weighted by Crippen LogP contribution is -2.38. The van der Waals surface area contributed by atoms with Crippen molar-refractivity contribution in [3.63, 3.8) is 0 Å². The first kappa shape index (κ1) is 21.0. The van der Waals surface area contributed by atoms with Crippen LogP contribution in [-0.4, -0.2) is 13.0 Å². The molecule has 2 aromatic rings. The molecule has 25 heavy (non-hydrogen) atoms. The van der Waals surface area contributed by atoms with Crippen molar-refractivity contribution in [3.8, 4) is 6.07 Å². The van der Waals surface area contributed by atoms with Gasteiger partial charge in [0.05, 0.1) is 17.7 Å². The summed E-state index contributed by atoms with van der Waals surface area (Å²) in [5.41, 5.74) is 4.28. The maximum atomic E-state index is 8.96. The lowest BCUT2D eigenvalue weighted by molar-refractivity contribution is 0.685. The Labute approximate surface area is 167 Å². The van der Waals surface area contributed by atoms with E-state index in [2.05, 4.69) is 59.8 Å². The molecule has 2 N–H and O–H groups in total. The molecule has 0 amide bonds. The quantitative estimate of drug-likeness (QED) is 0.410. The minimum Gasteiger partial charge on any atom is -0.352 e. The van der Waals surface area contributed by atoms with E-state index in [-0.39, 0.29) is 30.0 Å². The molecule has 1 atom stereocenters. The fourth-order valence-electron chi connectivity index (χ4n) is 2.46. The number of halogens is 1. The van der Waals surface area contributed by atoms with Gasteiger partial charge in [-0.3, -0.25) is 4.99 Å². The van der Waals surface area contributed by atoms with Crippen molar-refractivity contribution >= 4 is 29.9 Å². The zero-order valence-corrected chi connectivity index (χ0v) is 17.2. The molecule has 0 aliphatic heterocycles. The summed E-state index contributed by atoms with van der Waals surface area (Å²) in [5.74, 6) is 0.740. The predicted octanol–water partition coefficient (Wildman–Crippen LogP) is 4.16. The standard InChI is InChI=1S/C20H24N4.HI/c1-4-16-8-10-19(11-9-16)15(2)24-20(22-3)23-14-18-7-5-6-17(12-18)13-21;/h5-12,15H,4,14H2,1-3H3,(H2,22,23,24);1H. The summed E-state index contributed by atoms with van der Waals surface area (Å²) >= 11 is 0. The van der Waals surface area contributed by atoms with E-state index in [9.17, 15) is 0 Å².